The summed E-state index contributed by atoms with van der Waals surface area (Å²) >= 11 is 5.75. The quantitative estimate of drug-likeness (QED) is 0.560. The van der Waals surface area contributed by atoms with Crippen molar-refractivity contribution in [2.75, 3.05) is 12.5 Å². The topological polar surface area (TPSA) is 18.5 Å². The van der Waals surface area contributed by atoms with Crippen molar-refractivity contribution in [2.45, 2.75) is 63.3 Å². The first-order valence-corrected chi connectivity index (χ1v) is 7.41. The highest BCUT2D eigenvalue weighted by Crippen LogP contribution is 2.35. The molecule has 1 heterocycles. The zero-order chi connectivity index (χ0) is 12.0. The summed E-state index contributed by atoms with van der Waals surface area (Å²) in [5, 5.41) is 0. The Bertz CT molecular complexity index is 241. The van der Waals surface area contributed by atoms with Crippen LogP contribution in [-0.4, -0.2) is 24.4 Å². The SMILES string of the molecule is ClC/C=C/C1(OC2CCCCO2)CCCCC1. The fraction of sp³-hybridized carbons (Fsp3) is 0.857. The molecule has 1 atom stereocenters. The third kappa shape index (κ3) is 3.97. The molecule has 98 valence electrons. The van der Waals surface area contributed by atoms with Crippen LogP contribution in [0.25, 0.3) is 0 Å². The summed E-state index contributed by atoms with van der Waals surface area (Å²) in [4.78, 5) is 0. The van der Waals surface area contributed by atoms with Crippen LogP contribution in [0.15, 0.2) is 12.2 Å². The molecule has 1 aliphatic carbocycles. The highest BCUT2D eigenvalue weighted by Gasteiger charge is 2.33. The molecule has 0 N–H and O–H groups in total. The van der Waals surface area contributed by atoms with Gasteiger partial charge in [-0.15, -0.1) is 11.6 Å². The van der Waals surface area contributed by atoms with Crippen molar-refractivity contribution in [3.63, 3.8) is 0 Å². The Balaban J connectivity index is 1.95. The van der Waals surface area contributed by atoms with Crippen molar-refractivity contribution in [3.05, 3.63) is 12.2 Å². The molecule has 2 aliphatic rings. The molecule has 2 rings (SSSR count). The predicted molar refractivity (Wildman–Crippen MR) is 70.4 cm³/mol. The molecule has 0 aromatic carbocycles. The van der Waals surface area contributed by atoms with Crippen molar-refractivity contribution >= 4 is 11.6 Å². The predicted octanol–water partition coefficient (Wildman–Crippen LogP) is 4.03. The molecule has 0 bridgehead atoms. The minimum atomic E-state index is -0.102. The van der Waals surface area contributed by atoms with Gasteiger partial charge in [0.05, 0.1) is 5.60 Å². The van der Waals surface area contributed by atoms with E-state index in [0.29, 0.717) is 5.88 Å². The van der Waals surface area contributed by atoms with Gasteiger partial charge in [-0.25, -0.2) is 0 Å². The van der Waals surface area contributed by atoms with Crippen LogP contribution in [0, 0.1) is 0 Å². The number of alkyl halides is 1. The van der Waals surface area contributed by atoms with Crippen molar-refractivity contribution in [3.8, 4) is 0 Å². The van der Waals surface area contributed by atoms with E-state index in [0.717, 1.165) is 25.9 Å². The Morgan fingerprint density at radius 2 is 2.00 bits per heavy atom. The molecular formula is C14H23ClO2. The second-order valence-electron chi connectivity index (χ2n) is 5.10. The first-order chi connectivity index (χ1) is 8.35. The maximum absolute atomic E-state index is 6.25. The number of allylic oxidation sites excluding steroid dienone is 1. The van der Waals surface area contributed by atoms with Gasteiger partial charge in [0, 0.05) is 12.5 Å². The number of ether oxygens (including phenoxy) is 2. The fourth-order valence-electron chi connectivity index (χ4n) is 2.80. The number of hydrogen-bond donors (Lipinski definition) is 0. The molecule has 2 nitrogen and oxygen atoms in total. The zero-order valence-electron chi connectivity index (χ0n) is 10.5. The number of hydrogen-bond acceptors (Lipinski definition) is 2. The molecule has 0 amide bonds. The molecule has 1 saturated heterocycles. The minimum absolute atomic E-state index is 0.00169. The summed E-state index contributed by atoms with van der Waals surface area (Å²) in [6, 6.07) is 0. The smallest absolute Gasteiger partial charge is 0.158 e. The van der Waals surface area contributed by atoms with E-state index < -0.39 is 0 Å². The largest absolute Gasteiger partial charge is 0.353 e. The maximum atomic E-state index is 6.25. The van der Waals surface area contributed by atoms with E-state index in [1.54, 1.807) is 0 Å². The first-order valence-electron chi connectivity index (χ1n) is 6.88. The van der Waals surface area contributed by atoms with Gasteiger partial charge in [0.25, 0.3) is 0 Å². The Kier molecular flexibility index (Phi) is 5.33. The van der Waals surface area contributed by atoms with Crippen LogP contribution in [0.5, 0.6) is 0 Å². The summed E-state index contributed by atoms with van der Waals surface area (Å²) < 4.78 is 12.0. The van der Waals surface area contributed by atoms with Gasteiger partial charge in [0.1, 0.15) is 0 Å². The fourth-order valence-corrected chi connectivity index (χ4v) is 2.89. The summed E-state index contributed by atoms with van der Waals surface area (Å²) in [6.45, 7) is 0.847. The van der Waals surface area contributed by atoms with E-state index >= 15 is 0 Å². The molecule has 0 radical (unpaired) electrons. The summed E-state index contributed by atoms with van der Waals surface area (Å²) in [5.74, 6) is 0.566. The molecule has 1 saturated carbocycles. The van der Waals surface area contributed by atoms with Gasteiger partial charge in [0.2, 0.25) is 0 Å². The van der Waals surface area contributed by atoms with Gasteiger partial charge >= 0.3 is 0 Å². The number of halogens is 1. The normalized spacial score (nSPS) is 29.6. The second-order valence-corrected chi connectivity index (χ2v) is 5.40. The molecule has 17 heavy (non-hydrogen) atoms. The summed E-state index contributed by atoms with van der Waals surface area (Å²) in [5.41, 5.74) is -0.102. The van der Waals surface area contributed by atoms with Crippen LogP contribution in [0.1, 0.15) is 51.4 Å². The van der Waals surface area contributed by atoms with Gasteiger partial charge < -0.3 is 9.47 Å². The summed E-state index contributed by atoms with van der Waals surface area (Å²) in [6.07, 6.45) is 13.7. The van der Waals surface area contributed by atoms with Gasteiger partial charge in [0.15, 0.2) is 6.29 Å². The number of rotatable bonds is 4. The van der Waals surface area contributed by atoms with Gasteiger partial charge in [-0.2, -0.15) is 0 Å². The van der Waals surface area contributed by atoms with E-state index in [4.69, 9.17) is 21.1 Å². The van der Waals surface area contributed by atoms with Crippen LogP contribution in [0.4, 0.5) is 0 Å². The van der Waals surface area contributed by atoms with E-state index in [1.807, 2.05) is 6.08 Å². The zero-order valence-corrected chi connectivity index (χ0v) is 11.3. The third-order valence-electron chi connectivity index (χ3n) is 3.71. The average Bonchev–Trinajstić information content (AvgIpc) is 2.39. The van der Waals surface area contributed by atoms with Gasteiger partial charge in [-0.3, -0.25) is 0 Å². The van der Waals surface area contributed by atoms with Gasteiger partial charge in [-0.05, 0) is 32.1 Å². The minimum Gasteiger partial charge on any atom is -0.353 e. The molecule has 0 aromatic heterocycles. The van der Waals surface area contributed by atoms with E-state index in [2.05, 4.69) is 6.08 Å². The standard InChI is InChI=1S/C14H23ClO2/c15-11-6-10-14(8-3-1-4-9-14)17-13-7-2-5-12-16-13/h6,10,13H,1-5,7-9,11-12H2/b10-6+. The lowest BCUT2D eigenvalue weighted by molar-refractivity contribution is -0.218. The van der Waals surface area contributed by atoms with Crippen LogP contribution in [0.2, 0.25) is 0 Å². The summed E-state index contributed by atoms with van der Waals surface area (Å²) in [7, 11) is 0. The maximum Gasteiger partial charge on any atom is 0.158 e. The molecular weight excluding hydrogens is 236 g/mol. The van der Waals surface area contributed by atoms with Crippen LogP contribution >= 0.6 is 11.6 Å². The van der Waals surface area contributed by atoms with Crippen LogP contribution < -0.4 is 0 Å². The monoisotopic (exact) mass is 258 g/mol. The Labute approximate surface area is 109 Å². The molecule has 2 fully saturated rings. The Morgan fingerprint density at radius 3 is 2.65 bits per heavy atom. The third-order valence-corrected chi connectivity index (χ3v) is 3.89. The van der Waals surface area contributed by atoms with Crippen molar-refractivity contribution in [1.29, 1.82) is 0 Å². The van der Waals surface area contributed by atoms with Crippen LogP contribution in [0.3, 0.4) is 0 Å². The second kappa shape index (κ2) is 6.77. The molecule has 3 heteroatoms. The molecule has 1 aliphatic heterocycles. The lowest BCUT2D eigenvalue weighted by Gasteiger charge is -2.38. The van der Waals surface area contributed by atoms with E-state index in [-0.39, 0.29) is 11.9 Å². The average molecular weight is 259 g/mol. The Hall–Kier alpha value is -0.0500. The highest BCUT2D eigenvalue weighted by molar-refractivity contribution is 6.18. The lowest BCUT2D eigenvalue weighted by atomic mass is 9.84. The Morgan fingerprint density at radius 1 is 1.18 bits per heavy atom. The van der Waals surface area contributed by atoms with E-state index in [9.17, 15) is 0 Å². The van der Waals surface area contributed by atoms with Crippen molar-refractivity contribution in [2.24, 2.45) is 0 Å². The van der Waals surface area contributed by atoms with Crippen molar-refractivity contribution < 1.29 is 9.47 Å². The molecule has 0 spiro atoms. The first kappa shape index (κ1) is 13.4. The van der Waals surface area contributed by atoms with Crippen LogP contribution in [-0.2, 0) is 9.47 Å². The molecule has 0 aromatic rings. The highest BCUT2D eigenvalue weighted by atomic mass is 35.5. The molecule has 1 unspecified atom stereocenters. The van der Waals surface area contributed by atoms with E-state index in [1.165, 1.54) is 32.1 Å². The lowest BCUT2D eigenvalue weighted by Crippen LogP contribution is -2.39. The van der Waals surface area contributed by atoms with Crippen molar-refractivity contribution in [1.82, 2.24) is 0 Å². The van der Waals surface area contributed by atoms with Gasteiger partial charge in [-0.1, -0.05) is 31.4 Å².